The van der Waals surface area contributed by atoms with Gasteiger partial charge in [-0.15, -0.1) is 11.8 Å². The van der Waals surface area contributed by atoms with Crippen LogP contribution in [-0.4, -0.2) is 19.9 Å². The van der Waals surface area contributed by atoms with Crippen LogP contribution in [0.4, 0.5) is 0 Å². The molecule has 0 amide bonds. The minimum absolute atomic E-state index is 0.0964. The molecule has 0 radical (unpaired) electrons. The second-order valence-electron chi connectivity index (χ2n) is 5.86. The van der Waals surface area contributed by atoms with Crippen LogP contribution < -0.4 is 11.1 Å². The highest BCUT2D eigenvalue weighted by Crippen LogP contribution is 2.33. The Balaban J connectivity index is 2.27. The van der Waals surface area contributed by atoms with Gasteiger partial charge >= 0.3 is 0 Å². The lowest BCUT2D eigenvalue weighted by molar-refractivity contribution is 0.803. The van der Waals surface area contributed by atoms with Crippen molar-refractivity contribution in [3.8, 4) is 0 Å². The Labute approximate surface area is 124 Å². The number of hydrogen-bond donors (Lipinski definition) is 2. The molecule has 1 aromatic carbocycles. The van der Waals surface area contributed by atoms with Crippen LogP contribution >= 0.6 is 11.8 Å². The second kappa shape index (κ2) is 4.73. The van der Waals surface area contributed by atoms with Crippen LogP contribution in [0, 0.1) is 0 Å². The Morgan fingerprint density at radius 2 is 1.76 bits per heavy atom. The molecule has 2 aromatic heterocycles. The highest BCUT2D eigenvalue weighted by molar-refractivity contribution is 8.00. The number of fused-ring (bicyclic) bond motifs is 2. The van der Waals surface area contributed by atoms with Gasteiger partial charge in [-0.3, -0.25) is 19.8 Å². The van der Waals surface area contributed by atoms with Crippen LogP contribution in [0.5, 0.6) is 0 Å². The average molecular weight is 301 g/mol. The topological polar surface area (TPSA) is 78.6 Å². The molecule has 3 aromatic rings. The van der Waals surface area contributed by atoms with Crippen molar-refractivity contribution in [3.63, 3.8) is 0 Å². The van der Waals surface area contributed by atoms with Gasteiger partial charge in [0.1, 0.15) is 5.52 Å². The summed E-state index contributed by atoms with van der Waals surface area (Å²) < 4.78 is 0.0964. The number of nitrogens with one attached hydrogen (secondary N) is 2. The fourth-order valence-corrected chi connectivity index (χ4v) is 3.16. The van der Waals surface area contributed by atoms with E-state index in [-0.39, 0.29) is 21.4 Å². The van der Waals surface area contributed by atoms with Gasteiger partial charge in [-0.05, 0) is 18.2 Å². The molecule has 6 heteroatoms. The molecule has 0 fully saturated rings. The number of aromatic amines is 2. The van der Waals surface area contributed by atoms with Gasteiger partial charge in [-0.2, -0.15) is 0 Å². The zero-order valence-corrected chi connectivity index (χ0v) is 12.8. The van der Waals surface area contributed by atoms with E-state index in [9.17, 15) is 9.59 Å². The quantitative estimate of drug-likeness (QED) is 0.535. The summed E-state index contributed by atoms with van der Waals surface area (Å²) in [6.45, 7) is 6.42. The molecule has 0 aliphatic heterocycles. The number of thioether (sulfide) groups is 1. The molecule has 0 unspecified atom stereocenters. The van der Waals surface area contributed by atoms with Gasteiger partial charge in [-0.1, -0.05) is 26.8 Å². The van der Waals surface area contributed by atoms with Crippen LogP contribution in [0.1, 0.15) is 20.8 Å². The standard InChI is InChI=1S/C15H15N3O2S/c1-15(2,3)21-9-5-4-8-6-10-12(16-11(8)7-9)14(20)18-17-13(10)19/h4-7H,1-3H3,(H,17,19)(H,18,20). The van der Waals surface area contributed by atoms with E-state index in [4.69, 9.17) is 0 Å². The molecule has 0 bridgehead atoms. The normalized spacial score (nSPS) is 12.1. The van der Waals surface area contributed by atoms with E-state index in [0.29, 0.717) is 10.9 Å². The summed E-state index contributed by atoms with van der Waals surface area (Å²) in [5.41, 5.74) is 0.157. The van der Waals surface area contributed by atoms with E-state index in [1.807, 2.05) is 18.2 Å². The zero-order chi connectivity index (χ0) is 15.2. The van der Waals surface area contributed by atoms with Crippen LogP contribution in [0.25, 0.3) is 21.8 Å². The van der Waals surface area contributed by atoms with Crippen molar-refractivity contribution in [1.29, 1.82) is 0 Å². The Bertz CT molecular complexity index is 951. The molecule has 0 aliphatic carbocycles. The fourth-order valence-electron chi connectivity index (χ4n) is 2.15. The zero-order valence-electron chi connectivity index (χ0n) is 12.0. The summed E-state index contributed by atoms with van der Waals surface area (Å²) in [6.07, 6.45) is 0. The molecule has 108 valence electrons. The van der Waals surface area contributed by atoms with Crippen molar-refractivity contribution < 1.29 is 0 Å². The maximum absolute atomic E-state index is 11.8. The Morgan fingerprint density at radius 1 is 1.05 bits per heavy atom. The van der Waals surface area contributed by atoms with Crippen molar-refractivity contribution in [2.45, 2.75) is 30.4 Å². The number of nitrogens with zero attached hydrogens (tertiary/aromatic N) is 1. The number of rotatable bonds is 1. The van der Waals surface area contributed by atoms with Crippen LogP contribution in [0.15, 0.2) is 38.8 Å². The lowest BCUT2D eigenvalue weighted by Gasteiger charge is -2.17. The fraction of sp³-hybridized carbons (Fsp3) is 0.267. The molecular formula is C15H15N3O2S. The molecule has 2 heterocycles. The molecule has 21 heavy (non-hydrogen) atoms. The van der Waals surface area contributed by atoms with Gasteiger partial charge in [0.25, 0.3) is 11.1 Å². The number of hydrogen-bond acceptors (Lipinski definition) is 4. The first-order chi connectivity index (χ1) is 9.83. The van der Waals surface area contributed by atoms with E-state index in [2.05, 4.69) is 36.0 Å². The Hall–Kier alpha value is -2.08. The molecule has 5 nitrogen and oxygen atoms in total. The van der Waals surface area contributed by atoms with Crippen LogP contribution in [0.2, 0.25) is 0 Å². The molecule has 0 saturated heterocycles. The largest absolute Gasteiger partial charge is 0.289 e. The number of pyridine rings is 1. The predicted molar refractivity (Wildman–Crippen MR) is 86.1 cm³/mol. The third-order valence-electron chi connectivity index (χ3n) is 2.96. The molecule has 0 saturated carbocycles. The summed E-state index contributed by atoms with van der Waals surface area (Å²) in [4.78, 5) is 29.0. The lowest BCUT2D eigenvalue weighted by Crippen LogP contribution is -2.19. The molecule has 0 atom stereocenters. The number of aromatic nitrogens is 3. The van der Waals surface area contributed by atoms with E-state index in [1.54, 1.807) is 17.8 Å². The molecular weight excluding hydrogens is 286 g/mol. The van der Waals surface area contributed by atoms with E-state index in [0.717, 1.165) is 10.3 Å². The van der Waals surface area contributed by atoms with Gasteiger partial charge in [0.15, 0.2) is 0 Å². The van der Waals surface area contributed by atoms with Crippen molar-refractivity contribution in [1.82, 2.24) is 15.2 Å². The second-order valence-corrected chi connectivity index (χ2v) is 7.76. The average Bonchev–Trinajstić information content (AvgIpc) is 2.40. The molecule has 0 spiro atoms. The maximum atomic E-state index is 11.8. The van der Waals surface area contributed by atoms with Crippen LogP contribution in [0.3, 0.4) is 0 Å². The highest BCUT2D eigenvalue weighted by Gasteiger charge is 2.13. The van der Waals surface area contributed by atoms with E-state index in [1.165, 1.54) is 0 Å². The van der Waals surface area contributed by atoms with Gasteiger partial charge in [0.2, 0.25) is 0 Å². The summed E-state index contributed by atoms with van der Waals surface area (Å²) in [5, 5.41) is 5.76. The summed E-state index contributed by atoms with van der Waals surface area (Å²) in [5.74, 6) is 0. The minimum Gasteiger partial charge on any atom is -0.267 e. The maximum Gasteiger partial charge on any atom is 0.289 e. The first-order valence-electron chi connectivity index (χ1n) is 6.58. The Kier molecular flexibility index (Phi) is 3.13. The highest BCUT2D eigenvalue weighted by atomic mass is 32.2. The number of benzene rings is 1. The van der Waals surface area contributed by atoms with Crippen molar-refractivity contribution in [2.24, 2.45) is 0 Å². The number of H-pyrrole nitrogens is 2. The Morgan fingerprint density at radius 3 is 2.48 bits per heavy atom. The van der Waals surface area contributed by atoms with Crippen LogP contribution in [-0.2, 0) is 0 Å². The van der Waals surface area contributed by atoms with Crippen molar-refractivity contribution in [3.05, 3.63) is 45.0 Å². The van der Waals surface area contributed by atoms with E-state index >= 15 is 0 Å². The predicted octanol–water partition coefficient (Wildman–Crippen LogP) is 2.66. The molecule has 2 N–H and O–H groups in total. The summed E-state index contributed by atoms with van der Waals surface area (Å²) >= 11 is 1.73. The lowest BCUT2D eigenvalue weighted by atomic mass is 10.1. The molecule has 0 aliphatic rings. The minimum atomic E-state index is -0.389. The first kappa shape index (κ1) is 13.9. The monoisotopic (exact) mass is 301 g/mol. The van der Waals surface area contributed by atoms with Crippen molar-refractivity contribution in [2.75, 3.05) is 0 Å². The van der Waals surface area contributed by atoms with Gasteiger partial charge in [0, 0.05) is 15.0 Å². The van der Waals surface area contributed by atoms with Gasteiger partial charge in [0.05, 0.1) is 10.9 Å². The third kappa shape index (κ3) is 2.71. The SMILES string of the molecule is CC(C)(C)Sc1ccc2cc3c(=O)[nH][nH]c(=O)c3nc2c1. The van der Waals surface area contributed by atoms with E-state index < -0.39 is 0 Å². The summed E-state index contributed by atoms with van der Waals surface area (Å²) in [7, 11) is 0. The van der Waals surface area contributed by atoms with Gasteiger partial charge in [-0.25, -0.2) is 4.98 Å². The summed E-state index contributed by atoms with van der Waals surface area (Å²) in [6, 6.07) is 7.59. The van der Waals surface area contributed by atoms with Crippen molar-refractivity contribution >= 4 is 33.6 Å². The molecule has 3 rings (SSSR count). The first-order valence-corrected chi connectivity index (χ1v) is 7.40. The smallest absolute Gasteiger partial charge is 0.267 e. The van der Waals surface area contributed by atoms with Gasteiger partial charge < -0.3 is 0 Å². The third-order valence-corrected chi connectivity index (χ3v) is 4.06.